The lowest BCUT2D eigenvalue weighted by Gasteiger charge is -2.01. The van der Waals surface area contributed by atoms with Crippen molar-refractivity contribution >= 4 is 0 Å². The second kappa shape index (κ2) is 5.83. The summed E-state index contributed by atoms with van der Waals surface area (Å²) in [5.41, 5.74) is 0. The van der Waals surface area contributed by atoms with E-state index < -0.39 is 0 Å². The normalized spacial score (nSPS) is 14.6. The quantitative estimate of drug-likeness (QED) is 0.574. The Bertz CT molecular complexity index is 76.6. The van der Waals surface area contributed by atoms with Gasteiger partial charge in [-0.3, -0.25) is 0 Å². The minimum atomic E-state index is 0.177. The van der Waals surface area contributed by atoms with Gasteiger partial charge in [-0.25, -0.2) is 0 Å². The van der Waals surface area contributed by atoms with Crippen LogP contribution in [0.15, 0.2) is 12.2 Å². The van der Waals surface area contributed by atoms with Gasteiger partial charge in [0.1, 0.15) is 0 Å². The standard InChI is InChI=1S/C8H16O/c1-3-8(2)6-4-5-7-9/h4-5,8-9H,3,6-7H2,1-2H3/b5-4+/t8-/m0/s1. The van der Waals surface area contributed by atoms with Crippen LogP contribution in [0.1, 0.15) is 26.7 Å². The van der Waals surface area contributed by atoms with Gasteiger partial charge in [0.25, 0.3) is 0 Å². The summed E-state index contributed by atoms with van der Waals surface area (Å²) in [4.78, 5) is 0. The fourth-order valence-electron chi connectivity index (χ4n) is 0.570. The van der Waals surface area contributed by atoms with Gasteiger partial charge in [0.05, 0.1) is 6.61 Å². The molecule has 0 aliphatic rings. The van der Waals surface area contributed by atoms with E-state index in [9.17, 15) is 0 Å². The third-order valence-corrected chi connectivity index (χ3v) is 1.51. The number of aliphatic hydroxyl groups is 1. The van der Waals surface area contributed by atoms with Gasteiger partial charge in [0, 0.05) is 0 Å². The molecule has 0 aromatic heterocycles. The molecule has 0 amide bonds. The second-order valence-corrected chi connectivity index (χ2v) is 2.40. The minimum absolute atomic E-state index is 0.177. The van der Waals surface area contributed by atoms with Crippen LogP contribution in [0, 0.1) is 5.92 Å². The van der Waals surface area contributed by atoms with Gasteiger partial charge in [-0.2, -0.15) is 0 Å². The first-order chi connectivity index (χ1) is 4.31. The number of hydrogen-bond donors (Lipinski definition) is 1. The first-order valence-corrected chi connectivity index (χ1v) is 3.57. The summed E-state index contributed by atoms with van der Waals surface area (Å²) in [6.07, 6.45) is 6.15. The Morgan fingerprint density at radius 1 is 1.44 bits per heavy atom. The highest BCUT2D eigenvalue weighted by Gasteiger charge is 1.91. The zero-order valence-corrected chi connectivity index (χ0v) is 6.30. The predicted octanol–water partition coefficient (Wildman–Crippen LogP) is 1.97. The Morgan fingerprint density at radius 2 is 2.11 bits per heavy atom. The molecule has 0 heterocycles. The fourth-order valence-corrected chi connectivity index (χ4v) is 0.570. The van der Waals surface area contributed by atoms with E-state index in [1.54, 1.807) is 6.08 Å². The number of rotatable bonds is 4. The van der Waals surface area contributed by atoms with E-state index >= 15 is 0 Å². The first-order valence-electron chi connectivity index (χ1n) is 3.57. The van der Waals surface area contributed by atoms with E-state index in [1.165, 1.54) is 6.42 Å². The van der Waals surface area contributed by atoms with Crippen LogP contribution in [0.4, 0.5) is 0 Å². The molecule has 54 valence electrons. The van der Waals surface area contributed by atoms with E-state index in [2.05, 4.69) is 13.8 Å². The van der Waals surface area contributed by atoms with Crippen molar-refractivity contribution in [3.63, 3.8) is 0 Å². The Labute approximate surface area is 57.4 Å². The van der Waals surface area contributed by atoms with E-state index in [0.717, 1.165) is 12.3 Å². The maximum absolute atomic E-state index is 8.37. The Morgan fingerprint density at radius 3 is 2.56 bits per heavy atom. The molecule has 1 N–H and O–H groups in total. The number of aliphatic hydroxyl groups excluding tert-OH is 1. The molecular formula is C8H16O. The average Bonchev–Trinajstić information content (AvgIpc) is 1.89. The second-order valence-electron chi connectivity index (χ2n) is 2.40. The lowest BCUT2D eigenvalue weighted by Crippen LogP contribution is -1.87. The molecule has 0 bridgehead atoms. The monoisotopic (exact) mass is 128 g/mol. The zero-order chi connectivity index (χ0) is 7.11. The summed E-state index contributed by atoms with van der Waals surface area (Å²) in [6.45, 7) is 4.57. The number of allylic oxidation sites excluding steroid dienone is 1. The van der Waals surface area contributed by atoms with Crippen molar-refractivity contribution in [1.82, 2.24) is 0 Å². The van der Waals surface area contributed by atoms with Crippen LogP contribution in [0.25, 0.3) is 0 Å². The summed E-state index contributed by atoms with van der Waals surface area (Å²) in [5, 5.41) is 8.37. The van der Waals surface area contributed by atoms with E-state index in [1.807, 2.05) is 6.08 Å². The average molecular weight is 128 g/mol. The lowest BCUT2D eigenvalue weighted by atomic mass is 10.1. The molecule has 1 nitrogen and oxygen atoms in total. The largest absolute Gasteiger partial charge is 0.392 e. The SMILES string of the molecule is CC[C@H](C)C/C=C/CO. The fraction of sp³-hybridized carbons (Fsp3) is 0.750. The summed E-state index contributed by atoms with van der Waals surface area (Å²) in [6, 6.07) is 0. The molecule has 0 radical (unpaired) electrons. The zero-order valence-electron chi connectivity index (χ0n) is 6.30. The highest BCUT2D eigenvalue weighted by Crippen LogP contribution is 2.05. The molecule has 0 rings (SSSR count). The van der Waals surface area contributed by atoms with Crippen LogP contribution in [0.3, 0.4) is 0 Å². The molecule has 1 atom stereocenters. The van der Waals surface area contributed by atoms with Crippen LogP contribution in [0.2, 0.25) is 0 Å². The lowest BCUT2D eigenvalue weighted by molar-refractivity contribution is 0.342. The van der Waals surface area contributed by atoms with Crippen LogP contribution in [-0.2, 0) is 0 Å². The highest BCUT2D eigenvalue weighted by molar-refractivity contribution is 4.81. The highest BCUT2D eigenvalue weighted by atomic mass is 16.2. The van der Waals surface area contributed by atoms with Gasteiger partial charge < -0.3 is 5.11 Å². The molecule has 0 saturated carbocycles. The molecule has 0 unspecified atom stereocenters. The summed E-state index contributed by atoms with van der Waals surface area (Å²) in [5.74, 6) is 0.757. The van der Waals surface area contributed by atoms with Crippen molar-refractivity contribution in [2.24, 2.45) is 5.92 Å². The summed E-state index contributed by atoms with van der Waals surface area (Å²) >= 11 is 0. The van der Waals surface area contributed by atoms with Gasteiger partial charge in [0.2, 0.25) is 0 Å². The van der Waals surface area contributed by atoms with E-state index in [0.29, 0.717) is 0 Å². The molecule has 0 aliphatic carbocycles. The number of hydrogen-bond acceptors (Lipinski definition) is 1. The summed E-state index contributed by atoms with van der Waals surface area (Å²) < 4.78 is 0. The van der Waals surface area contributed by atoms with Crippen LogP contribution >= 0.6 is 0 Å². The molecule has 0 saturated heterocycles. The van der Waals surface area contributed by atoms with E-state index in [-0.39, 0.29) is 6.61 Å². The molecule has 0 aliphatic heterocycles. The van der Waals surface area contributed by atoms with Crippen molar-refractivity contribution in [1.29, 1.82) is 0 Å². The molecule has 9 heavy (non-hydrogen) atoms. The Balaban J connectivity index is 3.15. The van der Waals surface area contributed by atoms with Crippen molar-refractivity contribution in [2.75, 3.05) is 6.61 Å². The predicted molar refractivity (Wildman–Crippen MR) is 40.3 cm³/mol. The van der Waals surface area contributed by atoms with Gasteiger partial charge in [-0.1, -0.05) is 32.4 Å². The van der Waals surface area contributed by atoms with Crippen LogP contribution in [0.5, 0.6) is 0 Å². The molecule has 1 heteroatoms. The topological polar surface area (TPSA) is 20.2 Å². The first kappa shape index (κ1) is 8.70. The van der Waals surface area contributed by atoms with E-state index in [4.69, 9.17) is 5.11 Å². The summed E-state index contributed by atoms with van der Waals surface area (Å²) in [7, 11) is 0. The molecule has 0 spiro atoms. The maximum atomic E-state index is 8.37. The maximum Gasteiger partial charge on any atom is 0.0612 e. The molecular weight excluding hydrogens is 112 g/mol. The smallest absolute Gasteiger partial charge is 0.0612 e. The van der Waals surface area contributed by atoms with Gasteiger partial charge in [0.15, 0.2) is 0 Å². The Kier molecular flexibility index (Phi) is 5.64. The third kappa shape index (κ3) is 5.57. The van der Waals surface area contributed by atoms with Crippen molar-refractivity contribution < 1.29 is 5.11 Å². The molecule has 0 fully saturated rings. The van der Waals surface area contributed by atoms with Gasteiger partial charge in [-0.05, 0) is 12.3 Å². The van der Waals surface area contributed by atoms with Crippen LogP contribution in [-0.4, -0.2) is 11.7 Å². The molecule has 0 aromatic carbocycles. The van der Waals surface area contributed by atoms with Gasteiger partial charge in [-0.15, -0.1) is 0 Å². The minimum Gasteiger partial charge on any atom is -0.392 e. The van der Waals surface area contributed by atoms with Crippen molar-refractivity contribution in [2.45, 2.75) is 26.7 Å². The third-order valence-electron chi connectivity index (χ3n) is 1.51. The van der Waals surface area contributed by atoms with Crippen molar-refractivity contribution in [3.8, 4) is 0 Å². The van der Waals surface area contributed by atoms with Crippen molar-refractivity contribution in [3.05, 3.63) is 12.2 Å². The molecule has 0 aromatic rings. The Hall–Kier alpha value is -0.300. The van der Waals surface area contributed by atoms with Crippen LogP contribution < -0.4 is 0 Å². The van der Waals surface area contributed by atoms with Gasteiger partial charge >= 0.3 is 0 Å².